The molecule has 0 atom stereocenters. The van der Waals surface area contributed by atoms with Gasteiger partial charge in [-0.15, -0.1) is 0 Å². The maximum atomic E-state index is 0. The molecule has 0 aliphatic carbocycles. The first-order chi connectivity index (χ1) is 0. The molecule has 7 radical (unpaired) electrons. The average molecular weight is 151 g/mol. The fourth-order valence-corrected chi connectivity index (χ4v) is 0. The van der Waals surface area contributed by atoms with Gasteiger partial charge in [0.05, 0.1) is 0 Å². The average Bonchev–Trinajstić information content (AvgIpc) is 0. The molecule has 0 saturated heterocycles. The van der Waals surface area contributed by atoms with E-state index in [9.17, 15) is 0 Å². The molecule has 0 N–H and O–H groups in total. The Bertz CT molecular complexity index is 8.00. The fourth-order valence-electron chi connectivity index (χ4n) is 0. The van der Waals surface area contributed by atoms with Crippen LogP contribution < -0.4 is 0 Å². The molecule has 23 valence electrons. The molecular formula is CCrFeP. The zero-order valence-corrected chi connectivity index (χ0v) is 4.98. The van der Waals surface area contributed by atoms with Crippen LogP contribution in [0.3, 0.4) is 0 Å². The Morgan fingerprint density at radius 1 is 1.00 bits per heavy atom. The van der Waals surface area contributed by atoms with Crippen LogP contribution in [-0.2, 0) is 34.4 Å². The Labute approximate surface area is 52.0 Å². The number of hydrogen-bond donors (Lipinski definition) is 0. The molecule has 0 aliphatic heterocycles. The molecule has 0 spiro atoms. The van der Waals surface area contributed by atoms with E-state index in [2.05, 4.69) is 0 Å². The summed E-state index contributed by atoms with van der Waals surface area (Å²) >= 11 is 0. The van der Waals surface area contributed by atoms with Gasteiger partial charge in [-0.25, -0.2) is 0 Å². The molecule has 0 fully saturated rings. The van der Waals surface area contributed by atoms with E-state index in [1.165, 1.54) is 0 Å². The molecule has 0 heterocycles. The van der Waals surface area contributed by atoms with Crippen LogP contribution in [0.5, 0.6) is 0 Å². The SMILES string of the molecule is [C].[Cr].[Fe].[P]. The van der Waals surface area contributed by atoms with Gasteiger partial charge in [0.15, 0.2) is 0 Å². The van der Waals surface area contributed by atoms with Crippen molar-refractivity contribution < 1.29 is 34.4 Å². The van der Waals surface area contributed by atoms with Crippen LogP contribution in [-0.4, -0.2) is 0 Å². The van der Waals surface area contributed by atoms with Crippen molar-refractivity contribution in [3.63, 3.8) is 0 Å². The van der Waals surface area contributed by atoms with E-state index in [0.29, 0.717) is 0 Å². The third-order valence-electron chi connectivity index (χ3n) is 0. The summed E-state index contributed by atoms with van der Waals surface area (Å²) < 4.78 is 0. The summed E-state index contributed by atoms with van der Waals surface area (Å²) in [7, 11) is 0. The summed E-state index contributed by atoms with van der Waals surface area (Å²) in [5.74, 6) is 0. The second-order valence-electron chi connectivity index (χ2n) is 0. The number of hydrogen-bond acceptors (Lipinski definition) is 0. The molecule has 4 heavy (non-hydrogen) atoms. The maximum Gasteiger partial charge on any atom is 0 e. The standard InChI is InChI=1S/C.Cr.Fe.P. The van der Waals surface area contributed by atoms with Gasteiger partial charge in [0, 0.05) is 51.8 Å². The van der Waals surface area contributed by atoms with Crippen molar-refractivity contribution in [2.24, 2.45) is 0 Å². The molecule has 0 unspecified atom stereocenters. The molecule has 0 amide bonds. The molecule has 0 bridgehead atoms. The van der Waals surface area contributed by atoms with E-state index < -0.39 is 0 Å². The van der Waals surface area contributed by atoms with Gasteiger partial charge in [0.1, 0.15) is 0 Å². The zero-order chi connectivity index (χ0) is 0. The van der Waals surface area contributed by atoms with E-state index in [1.807, 2.05) is 0 Å². The molecule has 0 aromatic rings. The van der Waals surface area contributed by atoms with Crippen LogP contribution >= 0.6 is 9.90 Å². The minimum absolute atomic E-state index is 0. The third-order valence-corrected chi connectivity index (χ3v) is 0. The van der Waals surface area contributed by atoms with Crippen LogP contribution in [0.4, 0.5) is 0 Å². The van der Waals surface area contributed by atoms with Crippen molar-refractivity contribution in [1.29, 1.82) is 0 Å². The van der Waals surface area contributed by atoms with Crippen molar-refractivity contribution in [3.8, 4) is 0 Å². The molecular weight excluding hydrogens is 151 g/mol. The third kappa shape index (κ3) is 9.77. The Morgan fingerprint density at radius 2 is 1.00 bits per heavy atom. The van der Waals surface area contributed by atoms with Crippen molar-refractivity contribution in [3.05, 3.63) is 7.43 Å². The van der Waals surface area contributed by atoms with Crippen LogP contribution in [0.2, 0.25) is 0 Å². The van der Waals surface area contributed by atoms with Crippen molar-refractivity contribution >= 4 is 9.90 Å². The van der Waals surface area contributed by atoms with Gasteiger partial charge >= 0.3 is 0 Å². The molecule has 0 saturated carbocycles. The summed E-state index contributed by atoms with van der Waals surface area (Å²) in [6.07, 6.45) is 0. The largest absolute Gasteiger partial charge is 0 e. The van der Waals surface area contributed by atoms with Crippen molar-refractivity contribution in [2.75, 3.05) is 0 Å². The maximum absolute atomic E-state index is 0. The Hall–Kier alpha value is 1.48. The van der Waals surface area contributed by atoms with Gasteiger partial charge in [-0.1, -0.05) is 0 Å². The summed E-state index contributed by atoms with van der Waals surface area (Å²) in [6, 6.07) is 0. The second-order valence-corrected chi connectivity index (χ2v) is 0. The van der Waals surface area contributed by atoms with Crippen LogP contribution in [0.1, 0.15) is 0 Å². The molecule has 3 heteroatoms. The summed E-state index contributed by atoms with van der Waals surface area (Å²) in [6.45, 7) is 0. The smallest absolute Gasteiger partial charge is 0 e. The first-order valence-electron chi connectivity index (χ1n) is 0. The molecule has 0 aromatic heterocycles. The fraction of sp³-hybridized carbons (Fsp3) is 0. The van der Waals surface area contributed by atoms with Gasteiger partial charge in [-0.3, -0.25) is 0 Å². The van der Waals surface area contributed by atoms with Crippen LogP contribution in [0.15, 0.2) is 0 Å². The van der Waals surface area contributed by atoms with Crippen molar-refractivity contribution in [1.82, 2.24) is 0 Å². The molecule has 0 nitrogen and oxygen atoms in total. The first kappa shape index (κ1) is 50.1. The summed E-state index contributed by atoms with van der Waals surface area (Å²) in [4.78, 5) is 0. The minimum atomic E-state index is 0. The van der Waals surface area contributed by atoms with Crippen LogP contribution in [0, 0.1) is 7.43 Å². The monoisotopic (exact) mass is 151 g/mol. The molecule has 0 aromatic carbocycles. The normalized spacial score (nSPS) is 0. The topological polar surface area (TPSA) is 0 Å². The van der Waals surface area contributed by atoms with Gasteiger partial charge in [0.25, 0.3) is 0 Å². The second kappa shape index (κ2) is 24.7. The van der Waals surface area contributed by atoms with E-state index >= 15 is 0 Å². The minimum Gasteiger partial charge on any atom is 0 e. The van der Waals surface area contributed by atoms with Crippen molar-refractivity contribution in [2.45, 2.75) is 0 Å². The Morgan fingerprint density at radius 3 is 1.00 bits per heavy atom. The quantitative estimate of drug-likeness (QED) is 0.356. The predicted molar refractivity (Wildman–Crippen MR) is 10.2 cm³/mol. The zero-order valence-electron chi connectivity index (χ0n) is 1.71. The van der Waals surface area contributed by atoms with Gasteiger partial charge in [-0.05, 0) is 0 Å². The van der Waals surface area contributed by atoms with E-state index in [-0.39, 0.29) is 51.8 Å². The van der Waals surface area contributed by atoms with E-state index in [1.54, 1.807) is 0 Å². The Balaban J connectivity index is 0. The van der Waals surface area contributed by atoms with E-state index in [0.717, 1.165) is 0 Å². The summed E-state index contributed by atoms with van der Waals surface area (Å²) in [5.41, 5.74) is 0. The molecule has 0 aliphatic rings. The summed E-state index contributed by atoms with van der Waals surface area (Å²) in [5, 5.41) is 0. The van der Waals surface area contributed by atoms with Crippen LogP contribution in [0.25, 0.3) is 0 Å². The number of rotatable bonds is 0. The van der Waals surface area contributed by atoms with E-state index in [4.69, 9.17) is 0 Å². The van der Waals surface area contributed by atoms with Gasteiger partial charge in [0.2, 0.25) is 0 Å². The van der Waals surface area contributed by atoms with Gasteiger partial charge < -0.3 is 0 Å². The van der Waals surface area contributed by atoms with Gasteiger partial charge in [-0.2, -0.15) is 0 Å². The Kier molecular flexibility index (Phi) is 310. The molecule has 0 rings (SSSR count). The predicted octanol–water partition coefficient (Wildman–Crippen LogP) is 0.937. The first-order valence-corrected chi connectivity index (χ1v) is 0.